The molecule has 0 aliphatic heterocycles. The van der Waals surface area contributed by atoms with Crippen LogP contribution in [0.25, 0.3) is 11.0 Å². The molecule has 0 bridgehead atoms. The molecule has 8 heteroatoms. The Balaban J connectivity index is 1.53. The molecule has 4 rings (SSSR count). The normalized spacial score (nSPS) is 11.0. The molecule has 7 nitrogen and oxygen atoms in total. The zero-order valence-corrected chi connectivity index (χ0v) is 18.5. The lowest BCUT2D eigenvalue weighted by molar-refractivity contribution is 0.101. The number of hydrogen-bond acceptors (Lipinski definition) is 5. The third-order valence-electron chi connectivity index (χ3n) is 5.33. The first kappa shape index (κ1) is 22.6. The molecule has 2 amide bonds. The third kappa shape index (κ3) is 4.74. The van der Waals surface area contributed by atoms with Crippen LogP contribution in [0.4, 0.5) is 15.8 Å². The summed E-state index contributed by atoms with van der Waals surface area (Å²) >= 11 is 0. The minimum Gasteiger partial charge on any atom is -0.322 e. The quantitative estimate of drug-likeness (QED) is 0.438. The predicted molar refractivity (Wildman–Crippen MR) is 127 cm³/mol. The number of halogens is 1. The Morgan fingerprint density at radius 2 is 1.59 bits per heavy atom. The predicted octanol–water partition coefficient (Wildman–Crippen LogP) is 5.07. The Hall–Kier alpha value is -4.64. The van der Waals surface area contributed by atoms with Gasteiger partial charge in [-0.2, -0.15) is 5.26 Å². The van der Waals surface area contributed by atoms with Crippen molar-refractivity contribution in [2.45, 2.75) is 19.3 Å². The molecule has 0 saturated carbocycles. The Morgan fingerprint density at radius 1 is 0.882 bits per heavy atom. The minimum atomic E-state index is -0.752. The van der Waals surface area contributed by atoms with Crippen molar-refractivity contribution < 1.29 is 14.0 Å². The molecular formula is C26H20FN5O2. The van der Waals surface area contributed by atoms with Crippen LogP contribution in [0.5, 0.6) is 0 Å². The number of rotatable bonds is 5. The number of anilines is 2. The maximum atomic E-state index is 14.4. The van der Waals surface area contributed by atoms with E-state index in [1.165, 1.54) is 18.3 Å². The lowest BCUT2D eigenvalue weighted by Gasteiger charge is -2.16. The smallest absolute Gasteiger partial charge is 0.255 e. The van der Waals surface area contributed by atoms with Gasteiger partial charge in [-0.25, -0.2) is 4.39 Å². The molecule has 0 unspecified atom stereocenters. The van der Waals surface area contributed by atoms with Gasteiger partial charge in [0.1, 0.15) is 5.82 Å². The summed E-state index contributed by atoms with van der Waals surface area (Å²) in [7, 11) is 0. The van der Waals surface area contributed by atoms with Gasteiger partial charge in [0.05, 0.1) is 28.2 Å². The van der Waals surface area contributed by atoms with Crippen molar-refractivity contribution in [1.82, 2.24) is 9.97 Å². The highest BCUT2D eigenvalue weighted by molar-refractivity contribution is 6.07. The van der Waals surface area contributed by atoms with Gasteiger partial charge in [0.25, 0.3) is 11.8 Å². The highest BCUT2D eigenvalue weighted by Gasteiger charge is 2.21. The van der Waals surface area contributed by atoms with Gasteiger partial charge >= 0.3 is 0 Å². The van der Waals surface area contributed by atoms with E-state index >= 15 is 0 Å². The fraction of sp³-hybridized carbons (Fsp3) is 0.115. The molecule has 168 valence electrons. The Morgan fingerprint density at radius 3 is 2.35 bits per heavy atom. The van der Waals surface area contributed by atoms with Crippen LogP contribution in [0.1, 0.15) is 40.1 Å². The molecule has 1 aromatic heterocycles. The lowest BCUT2D eigenvalue weighted by atomic mass is 9.85. The van der Waals surface area contributed by atoms with Crippen molar-refractivity contribution >= 4 is 34.2 Å². The largest absolute Gasteiger partial charge is 0.322 e. The molecule has 0 aliphatic carbocycles. The van der Waals surface area contributed by atoms with Crippen molar-refractivity contribution in [3.8, 4) is 6.07 Å². The van der Waals surface area contributed by atoms with Gasteiger partial charge in [-0.05, 0) is 67.9 Å². The summed E-state index contributed by atoms with van der Waals surface area (Å²) in [6.45, 7) is 3.53. The second-order valence-electron chi connectivity index (χ2n) is 8.18. The van der Waals surface area contributed by atoms with Gasteiger partial charge in [0.2, 0.25) is 0 Å². The molecule has 0 saturated heterocycles. The van der Waals surface area contributed by atoms with E-state index in [4.69, 9.17) is 0 Å². The minimum absolute atomic E-state index is 0.0820. The number of fused-ring (bicyclic) bond motifs is 1. The van der Waals surface area contributed by atoms with Gasteiger partial charge in [-0.3, -0.25) is 19.6 Å². The van der Waals surface area contributed by atoms with Crippen LogP contribution < -0.4 is 10.6 Å². The first-order chi connectivity index (χ1) is 16.3. The Bertz CT molecular complexity index is 1460. The van der Waals surface area contributed by atoms with Gasteiger partial charge in [-0.15, -0.1) is 0 Å². The Kier molecular flexibility index (Phi) is 6.02. The molecule has 0 spiro atoms. The molecular weight excluding hydrogens is 433 g/mol. The average Bonchev–Trinajstić information content (AvgIpc) is 2.85. The van der Waals surface area contributed by atoms with E-state index < -0.39 is 23.0 Å². The summed E-state index contributed by atoms with van der Waals surface area (Å²) in [6.07, 6.45) is 3.07. The van der Waals surface area contributed by atoms with E-state index in [0.29, 0.717) is 33.4 Å². The van der Waals surface area contributed by atoms with Crippen molar-refractivity contribution in [1.29, 1.82) is 5.26 Å². The van der Waals surface area contributed by atoms with Crippen LogP contribution in [0.2, 0.25) is 0 Å². The average molecular weight is 453 g/mol. The van der Waals surface area contributed by atoms with Gasteiger partial charge in [0, 0.05) is 29.2 Å². The number of carbonyl (C=O) groups excluding carboxylic acids is 2. The number of carbonyl (C=O) groups is 2. The van der Waals surface area contributed by atoms with Gasteiger partial charge in [0.15, 0.2) is 0 Å². The van der Waals surface area contributed by atoms with Crippen LogP contribution in [-0.2, 0) is 5.41 Å². The second-order valence-corrected chi connectivity index (χ2v) is 8.18. The maximum Gasteiger partial charge on any atom is 0.255 e. The monoisotopic (exact) mass is 453 g/mol. The summed E-state index contributed by atoms with van der Waals surface area (Å²) < 4.78 is 14.4. The number of nitriles is 1. The molecule has 1 heterocycles. The van der Waals surface area contributed by atoms with E-state index in [1.54, 1.807) is 62.5 Å². The lowest BCUT2D eigenvalue weighted by Crippen LogP contribution is -2.17. The summed E-state index contributed by atoms with van der Waals surface area (Å²) in [4.78, 5) is 33.8. The molecule has 3 aromatic carbocycles. The molecule has 0 radical (unpaired) electrons. The molecule has 0 atom stereocenters. The van der Waals surface area contributed by atoms with E-state index in [1.807, 2.05) is 0 Å². The number of hydrogen-bond donors (Lipinski definition) is 2. The molecule has 2 N–H and O–H groups in total. The van der Waals surface area contributed by atoms with Gasteiger partial charge < -0.3 is 10.6 Å². The second kappa shape index (κ2) is 9.08. The fourth-order valence-electron chi connectivity index (χ4n) is 3.31. The number of nitrogens with one attached hydrogen (secondary N) is 2. The molecule has 34 heavy (non-hydrogen) atoms. The zero-order chi connectivity index (χ0) is 24.3. The molecule has 0 fully saturated rings. The fourth-order valence-corrected chi connectivity index (χ4v) is 3.31. The SMILES string of the molecule is CC(C)(C#N)c1cccc(C(=O)Nc2ccc(F)c(NC(=O)c3ccc4nccnc4c3)c2)c1. The highest BCUT2D eigenvalue weighted by Crippen LogP contribution is 2.25. The summed E-state index contributed by atoms with van der Waals surface area (Å²) in [6, 6.07) is 17.7. The standard InChI is InChI=1S/C26H20FN5O2/c1-26(2,15-28)18-5-3-4-16(12-18)24(33)31-19-7-8-20(27)22(14-19)32-25(34)17-6-9-21-23(13-17)30-11-10-29-21/h3-14H,1-2H3,(H,31,33)(H,32,34). The van der Waals surface area contributed by atoms with Crippen molar-refractivity contribution in [2.75, 3.05) is 10.6 Å². The van der Waals surface area contributed by atoms with E-state index in [-0.39, 0.29) is 5.69 Å². The summed E-state index contributed by atoms with van der Waals surface area (Å²) in [5.74, 6) is -1.60. The third-order valence-corrected chi connectivity index (χ3v) is 5.33. The van der Waals surface area contributed by atoms with Gasteiger partial charge in [-0.1, -0.05) is 12.1 Å². The number of amides is 2. The number of benzene rings is 3. The number of aromatic nitrogens is 2. The summed E-state index contributed by atoms with van der Waals surface area (Å²) in [5, 5.41) is 14.6. The van der Waals surface area contributed by atoms with E-state index in [2.05, 4.69) is 26.7 Å². The Labute approximate surface area is 195 Å². The van der Waals surface area contributed by atoms with Crippen LogP contribution in [0.3, 0.4) is 0 Å². The first-order valence-corrected chi connectivity index (χ1v) is 10.4. The maximum absolute atomic E-state index is 14.4. The van der Waals surface area contributed by atoms with Crippen molar-refractivity contribution in [3.63, 3.8) is 0 Å². The van der Waals surface area contributed by atoms with Crippen LogP contribution in [-0.4, -0.2) is 21.8 Å². The van der Waals surface area contributed by atoms with E-state index in [0.717, 1.165) is 6.07 Å². The molecule has 4 aromatic rings. The van der Waals surface area contributed by atoms with Crippen molar-refractivity contribution in [2.24, 2.45) is 0 Å². The topological polar surface area (TPSA) is 108 Å². The van der Waals surface area contributed by atoms with Crippen LogP contribution in [0.15, 0.2) is 73.1 Å². The highest BCUT2D eigenvalue weighted by atomic mass is 19.1. The van der Waals surface area contributed by atoms with Crippen molar-refractivity contribution in [3.05, 3.63) is 95.6 Å². The van der Waals surface area contributed by atoms with E-state index in [9.17, 15) is 19.2 Å². The molecule has 0 aliphatic rings. The number of nitrogens with zero attached hydrogens (tertiary/aromatic N) is 3. The zero-order valence-electron chi connectivity index (χ0n) is 18.5. The van der Waals surface area contributed by atoms with Crippen LogP contribution in [0, 0.1) is 17.1 Å². The first-order valence-electron chi connectivity index (χ1n) is 10.4. The van der Waals surface area contributed by atoms with Crippen LogP contribution >= 0.6 is 0 Å². The summed E-state index contributed by atoms with van der Waals surface area (Å²) in [5.41, 5.74) is 1.99.